The molecule has 8 nitrogen and oxygen atoms in total. The molecule has 0 spiro atoms. The molecule has 2 aromatic rings. The van der Waals surface area contributed by atoms with Gasteiger partial charge in [-0.15, -0.1) is 0 Å². The summed E-state index contributed by atoms with van der Waals surface area (Å²) in [5.74, 6) is 0.119. The Morgan fingerprint density at radius 1 is 1.24 bits per heavy atom. The molecular formula is C25H36N4O4. The second-order valence-corrected chi connectivity index (χ2v) is 9.23. The second-order valence-electron chi connectivity index (χ2n) is 9.23. The molecule has 2 aliphatic heterocycles. The minimum atomic E-state index is -0.381. The standard InChI is InChI=1S/C25H36N4O4/c1-31-12-3-9-28-17-19(18-29(20-6-7-20)25(30)23-16-26-8-13-33-23)24-21(4-2-5-22(24)28)27-10-14-32-15-11-27/h2,4-5,17,20,23,26H,3,6-16,18H2,1H3/t23-/m1/s1. The van der Waals surface area contributed by atoms with Crippen LogP contribution in [0.15, 0.2) is 24.4 Å². The van der Waals surface area contributed by atoms with E-state index in [9.17, 15) is 4.79 Å². The van der Waals surface area contributed by atoms with Crippen molar-refractivity contribution in [1.82, 2.24) is 14.8 Å². The van der Waals surface area contributed by atoms with E-state index >= 15 is 0 Å². The van der Waals surface area contributed by atoms with Gasteiger partial charge in [-0.1, -0.05) is 6.07 Å². The van der Waals surface area contributed by atoms with Crippen molar-refractivity contribution in [3.05, 3.63) is 30.0 Å². The number of hydrogen-bond donors (Lipinski definition) is 1. The van der Waals surface area contributed by atoms with Gasteiger partial charge in [0.1, 0.15) is 6.10 Å². The number of aryl methyl sites for hydroxylation is 1. The van der Waals surface area contributed by atoms with Crippen LogP contribution in [0.4, 0.5) is 5.69 Å². The van der Waals surface area contributed by atoms with E-state index < -0.39 is 0 Å². The number of carbonyl (C=O) groups is 1. The maximum Gasteiger partial charge on any atom is 0.253 e. The first kappa shape index (κ1) is 22.7. The van der Waals surface area contributed by atoms with Crippen LogP contribution in [0.2, 0.25) is 0 Å². The minimum Gasteiger partial charge on any atom is -0.385 e. The average molecular weight is 457 g/mol. The van der Waals surface area contributed by atoms with Gasteiger partial charge in [0.2, 0.25) is 0 Å². The third kappa shape index (κ3) is 5.04. The molecule has 1 aromatic heterocycles. The normalized spacial score (nSPS) is 21.5. The van der Waals surface area contributed by atoms with E-state index in [4.69, 9.17) is 14.2 Å². The van der Waals surface area contributed by atoms with Gasteiger partial charge in [0, 0.05) is 76.3 Å². The van der Waals surface area contributed by atoms with Gasteiger partial charge in [-0.2, -0.15) is 0 Å². The fourth-order valence-electron chi connectivity index (χ4n) is 5.04. The third-order valence-corrected chi connectivity index (χ3v) is 6.88. The fourth-order valence-corrected chi connectivity index (χ4v) is 5.04. The summed E-state index contributed by atoms with van der Waals surface area (Å²) in [6.45, 7) is 7.53. The van der Waals surface area contributed by atoms with Crippen LogP contribution in [0.5, 0.6) is 0 Å². The number of fused-ring (bicyclic) bond motifs is 1. The molecule has 1 aliphatic carbocycles. The summed E-state index contributed by atoms with van der Waals surface area (Å²) in [4.78, 5) is 17.9. The molecule has 5 rings (SSSR count). The van der Waals surface area contributed by atoms with Crippen LogP contribution in [0, 0.1) is 0 Å². The van der Waals surface area contributed by atoms with Crippen LogP contribution in [-0.4, -0.2) is 87.2 Å². The molecule has 2 saturated heterocycles. The van der Waals surface area contributed by atoms with Crippen molar-refractivity contribution in [3.63, 3.8) is 0 Å². The number of rotatable bonds is 9. The molecule has 3 fully saturated rings. The van der Waals surface area contributed by atoms with Crippen LogP contribution in [0.3, 0.4) is 0 Å². The lowest BCUT2D eigenvalue weighted by atomic mass is 10.1. The highest BCUT2D eigenvalue weighted by molar-refractivity contribution is 5.96. The van der Waals surface area contributed by atoms with Crippen molar-refractivity contribution in [1.29, 1.82) is 0 Å². The molecular weight excluding hydrogens is 420 g/mol. The van der Waals surface area contributed by atoms with E-state index in [2.05, 4.69) is 44.1 Å². The average Bonchev–Trinajstić information content (AvgIpc) is 3.65. The van der Waals surface area contributed by atoms with Crippen LogP contribution in [0.1, 0.15) is 24.8 Å². The number of benzene rings is 1. The lowest BCUT2D eigenvalue weighted by Gasteiger charge is -2.31. The first-order valence-electron chi connectivity index (χ1n) is 12.3. The third-order valence-electron chi connectivity index (χ3n) is 6.88. The molecule has 0 unspecified atom stereocenters. The van der Waals surface area contributed by atoms with E-state index in [0.717, 1.165) is 65.3 Å². The number of nitrogens with zero attached hydrogens (tertiary/aromatic N) is 3. The number of aromatic nitrogens is 1. The van der Waals surface area contributed by atoms with Gasteiger partial charge in [0.25, 0.3) is 5.91 Å². The van der Waals surface area contributed by atoms with Gasteiger partial charge in [-0.3, -0.25) is 4.79 Å². The van der Waals surface area contributed by atoms with Gasteiger partial charge in [-0.25, -0.2) is 0 Å². The quantitative estimate of drug-likeness (QED) is 0.582. The van der Waals surface area contributed by atoms with Crippen molar-refractivity contribution >= 4 is 22.5 Å². The van der Waals surface area contributed by atoms with Gasteiger partial charge in [0.05, 0.1) is 25.3 Å². The fraction of sp³-hybridized carbons (Fsp3) is 0.640. The van der Waals surface area contributed by atoms with Crippen molar-refractivity contribution in [2.24, 2.45) is 0 Å². The minimum absolute atomic E-state index is 0.119. The second kappa shape index (κ2) is 10.4. The highest BCUT2D eigenvalue weighted by Crippen LogP contribution is 2.36. The van der Waals surface area contributed by atoms with Crippen molar-refractivity contribution < 1.29 is 19.0 Å². The van der Waals surface area contributed by atoms with E-state index in [1.54, 1.807) is 7.11 Å². The van der Waals surface area contributed by atoms with Gasteiger partial charge < -0.3 is 33.9 Å². The Morgan fingerprint density at radius 2 is 2.09 bits per heavy atom. The SMILES string of the molecule is COCCCn1cc(CN(C(=O)[C@H]2CNCCO2)C2CC2)c2c(N3CCOCC3)cccc21. The monoisotopic (exact) mass is 456 g/mol. The molecule has 180 valence electrons. The van der Waals surface area contributed by atoms with E-state index in [-0.39, 0.29) is 12.0 Å². The zero-order valence-corrected chi connectivity index (χ0v) is 19.6. The van der Waals surface area contributed by atoms with Crippen LogP contribution in [0.25, 0.3) is 10.9 Å². The highest BCUT2D eigenvalue weighted by atomic mass is 16.5. The lowest BCUT2D eigenvalue weighted by Crippen LogP contribution is -2.49. The van der Waals surface area contributed by atoms with Crippen molar-refractivity contribution in [3.8, 4) is 0 Å². The lowest BCUT2D eigenvalue weighted by molar-refractivity contribution is -0.146. The Labute approximate surface area is 195 Å². The van der Waals surface area contributed by atoms with E-state index in [1.165, 1.54) is 22.2 Å². The van der Waals surface area contributed by atoms with Crippen LogP contribution >= 0.6 is 0 Å². The first-order chi connectivity index (χ1) is 16.3. The molecule has 1 atom stereocenters. The summed E-state index contributed by atoms with van der Waals surface area (Å²) < 4.78 is 19.1. The number of ether oxygens (including phenoxy) is 3. The summed E-state index contributed by atoms with van der Waals surface area (Å²) in [5, 5.41) is 4.56. The van der Waals surface area contributed by atoms with Gasteiger partial charge >= 0.3 is 0 Å². The predicted molar refractivity (Wildman–Crippen MR) is 128 cm³/mol. The summed E-state index contributed by atoms with van der Waals surface area (Å²) in [6, 6.07) is 6.89. The molecule has 0 bridgehead atoms. The number of hydrogen-bond acceptors (Lipinski definition) is 6. The van der Waals surface area contributed by atoms with E-state index in [1.807, 2.05) is 0 Å². The molecule has 8 heteroatoms. The van der Waals surface area contributed by atoms with Gasteiger partial charge in [0.15, 0.2) is 0 Å². The molecule has 1 N–H and O–H groups in total. The summed E-state index contributed by atoms with van der Waals surface area (Å²) >= 11 is 0. The van der Waals surface area contributed by atoms with Crippen molar-refractivity contribution in [2.45, 2.75) is 44.5 Å². The number of nitrogens with one attached hydrogen (secondary N) is 1. The van der Waals surface area contributed by atoms with Crippen LogP contribution in [-0.2, 0) is 32.1 Å². The molecule has 0 radical (unpaired) electrons. The largest absolute Gasteiger partial charge is 0.385 e. The number of amides is 1. The molecule has 1 aromatic carbocycles. The number of methoxy groups -OCH3 is 1. The highest BCUT2D eigenvalue weighted by Gasteiger charge is 2.37. The summed E-state index contributed by atoms with van der Waals surface area (Å²) in [6.07, 6.45) is 4.98. The number of morpholine rings is 2. The van der Waals surface area contributed by atoms with Crippen molar-refractivity contribution in [2.75, 3.05) is 64.6 Å². The first-order valence-corrected chi connectivity index (χ1v) is 12.3. The Morgan fingerprint density at radius 3 is 2.82 bits per heavy atom. The Bertz CT molecular complexity index is 945. The van der Waals surface area contributed by atoms with Gasteiger partial charge in [-0.05, 0) is 37.0 Å². The molecule has 33 heavy (non-hydrogen) atoms. The molecule has 1 amide bonds. The molecule has 3 aliphatic rings. The number of anilines is 1. The molecule has 1 saturated carbocycles. The maximum atomic E-state index is 13.4. The number of carbonyl (C=O) groups excluding carboxylic acids is 1. The zero-order valence-electron chi connectivity index (χ0n) is 19.6. The smallest absolute Gasteiger partial charge is 0.253 e. The Kier molecular flexibility index (Phi) is 7.16. The Hall–Kier alpha value is -2.13. The van der Waals surface area contributed by atoms with Crippen LogP contribution < -0.4 is 10.2 Å². The zero-order chi connectivity index (χ0) is 22.6. The summed E-state index contributed by atoms with van der Waals surface area (Å²) in [5.41, 5.74) is 3.69. The topological polar surface area (TPSA) is 68.2 Å². The Balaban J connectivity index is 1.48. The summed E-state index contributed by atoms with van der Waals surface area (Å²) in [7, 11) is 1.75. The van der Waals surface area contributed by atoms with E-state index in [0.29, 0.717) is 25.7 Å². The molecule has 3 heterocycles. The maximum absolute atomic E-state index is 13.4. The predicted octanol–water partition coefficient (Wildman–Crippen LogP) is 1.99.